The van der Waals surface area contributed by atoms with Gasteiger partial charge in [-0.2, -0.15) is 0 Å². The lowest BCUT2D eigenvalue weighted by Crippen LogP contribution is -2.64. The third-order valence-electron chi connectivity index (χ3n) is 7.44. The molecule has 1 spiro atoms. The first-order valence-corrected chi connectivity index (χ1v) is 12.9. The van der Waals surface area contributed by atoms with Crippen molar-refractivity contribution in [1.29, 1.82) is 0 Å². The second kappa shape index (κ2) is 9.82. The van der Waals surface area contributed by atoms with Crippen LogP contribution in [-0.2, 0) is 16.1 Å². The number of para-hydroxylation sites is 1. The van der Waals surface area contributed by atoms with Gasteiger partial charge in [0.2, 0.25) is 0 Å². The minimum atomic E-state index is -0.464. The van der Waals surface area contributed by atoms with E-state index in [9.17, 15) is 4.79 Å². The number of carbonyl (C=O) groups is 1. The summed E-state index contributed by atoms with van der Waals surface area (Å²) in [7, 11) is 0. The molecule has 0 radical (unpaired) electrons. The van der Waals surface area contributed by atoms with Crippen LogP contribution in [0.1, 0.15) is 57.1 Å². The van der Waals surface area contributed by atoms with Crippen molar-refractivity contribution < 1.29 is 19.0 Å². The number of likely N-dealkylation sites (tertiary alicyclic amines) is 2. The Bertz CT molecular complexity index is 1000. The van der Waals surface area contributed by atoms with Crippen molar-refractivity contribution in [1.82, 2.24) is 9.80 Å². The second-order valence-corrected chi connectivity index (χ2v) is 11.3. The average Bonchev–Trinajstić information content (AvgIpc) is 3.28. The molecule has 3 saturated heterocycles. The van der Waals surface area contributed by atoms with Crippen molar-refractivity contribution in [2.45, 2.75) is 69.8 Å². The van der Waals surface area contributed by atoms with Crippen LogP contribution in [-0.4, -0.2) is 65.9 Å². The lowest BCUT2D eigenvalue weighted by Gasteiger charge is -2.47. The lowest BCUT2D eigenvalue weighted by atomic mass is 9.86. The van der Waals surface area contributed by atoms with E-state index in [0.29, 0.717) is 31.7 Å². The summed E-state index contributed by atoms with van der Waals surface area (Å²) in [6.07, 6.45) is 3.01. The quantitative estimate of drug-likeness (QED) is 0.590. The molecule has 188 valence electrons. The summed E-state index contributed by atoms with van der Waals surface area (Å²) in [5, 5.41) is 0. The molecular weight excluding hydrogens is 440 g/mol. The highest BCUT2D eigenvalue weighted by atomic mass is 16.6. The van der Waals surface area contributed by atoms with E-state index in [-0.39, 0.29) is 11.7 Å². The summed E-state index contributed by atoms with van der Waals surface area (Å²) in [4.78, 5) is 16.7. The Morgan fingerprint density at radius 3 is 2.43 bits per heavy atom. The molecule has 0 bridgehead atoms. The van der Waals surface area contributed by atoms with E-state index in [0.717, 1.165) is 44.7 Å². The highest BCUT2D eigenvalue weighted by molar-refractivity contribution is 5.69. The van der Waals surface area contributed by atoms with Crippen LogP contribution in [0.3, 0.4) is 0 Å². The van der Waals surface area contributed by atoms with Gasteiger partial charge in [-0.3, -0.25) is 4.90 Å². The van der Waals surface area contributed by atoms with Gasteiger partial charge >= 0.3 is 6.09 Å². The number of benzene rings is 2. The van der Waals surface area contributed by atoms with Crippen molar-refractivity contribution in [3.8, 4) is 5.75 Å². The molecule has 35 heavy (non-hydrogen) atoms. The fraction of sp³-hybridized carbons (Fsp3) is 0.552. The number of hydrogen-bond donors (Lipinski definition) is 0. The van der Waals surface area contributed by atoms with E-state index in [1.807, 2.05) is 26.8 Å². The zero-order chi connectivity index (χ0) is 24.5. The van der Waals surface area contributed by atoms with Gasteiger partial charge in [0.1, 0.15) is 23.6 Å². The SMILES string of the molecule is CC(C)(C)OC(=O)N1CC2(C[C@H](N3CCC(c4ccccc4OCc4ccccc4)CC3)CO2)C1. The Balaban J connectivity index is 1.11. The van der Waals surface area contributed by atoms with E-state index in [4.69, 9.17) is 14.2 Å². The first kappa shape index (κ1) is 24.1. The standard InChI is InChI=1S/C29H38N2O4/c1-28(2,3)35-27(32)31-20-29(21-31)17-24(19-34-29)30-15-13-23(14-16-30)25-11-7-8-12-26(25)33-18-22-9-5-4-6-10-22/h4-12,23-24H,13-21H2,1-3H3/t24-/m0/s1. The van der Waals surface area contributed by atoms with Gasteiger partial charge in [-0.25, -0.2) is 4.79 Å². The van der Waals surface area contributed by atoms with Crippen molar-refractivity contribution in [2.75, 3.05) is 32.8 Å². The predicted molar refractivity (Wildman–Crippen MR) is 136 cm³/mol. The Hall–Kier alpha value is -2.57. The summed E-state index contributed by atoms with van der Waals surface area (Å²) in [6.45, 7) is 10.5. The number of nitrogens with zero attached hydrogens (tertiary/aromatic N) is 2. The van der Waals surface area contributed by atoms with Crippen LogP contribution in [0.5, 0.6) is 5.75 Å². The minimum Gasteiger partial charge on any atom is -0.489 e. The average molecular weight is 479 g/mol. The van der Waals surface area contributed by atoms with E-state index < -0.39 is 5.60 Å². The van der Waals surface area contributed by atoms with Gasteiger partial charge in [0.15, 0.2) is 0 Å². The largest absolute Gasteiger partial charge is 0.489 e. The first-order valence-electron chi connectivity index (χ1n) is 12.9. The van der Waals surface area contributed by atoms with Gasteiger partial charge in [0.25, 0.3) is 0 Å². The summed E-state index contributed by atoms with van der Waals surface area (Å²) < 4.78 is 18.0. The zero-order valence-corrected chi connectivity index (χ0v) is 21.2. The van der Waals surface area contributed by atoms with Gasteiger partial charge in [-0.15, -0.1) is 0 Å². The third-order valence-corrected chi connectivity index (χ3v) is 7.44. The van der Waals surface area contributed by atoms with Crippen molar-refractivity contribution >= 4 is 6.09 Å². The Kier molecular flexibility index (Phi) is 6.78. The molecule has 6 nitrogen and oxygen atoms in total. The minimum absolute atomic E-state index is 0.184. The van der Waals surface area contributed by atoms with Crippen LogP contribution in [0.2, 0.25) is 0 Å². The summed E-state index contributed by atoms with van der Waals surface area (Å²) in [6, 6.07) is 19.3. The number of ether oxygens (including phenoxy) is 3. The molecule has 3 aliphatic heterocycles. The molecule has 1 amide bonds. The molecule has 3 aliphatic rings. The molecule has 0 saturated carbocycles. The van der Waals surface area contributed by atoms with Crippen LogP contribution in [0.25, 0.3) is 0 Å². The number of amides is 1. The topological polar surface area (TPSA) is 51.2 Å². The van der Waals surface area contributed by atoms with Crippen LogP contribution in [0.4, 0.5) is 4.79 Å². The fourth-order valence-corrected chi connectivity index (χ4v) is 5.64. The Morgan fingerprint density at radius 1 is 1.03 bits per heavy atom. The van der Waals surface area contributed by atoms with Crippen molar-refractivity contribution in [3.63, 3.8) is 0 Å². The molecule has 0 aliphatic carbocycles. The van der Waals surface area contributed by atoms with Crippen LogP contribution >= 0.6 is 0 Å². The van der Waals surface area contributed by atoms with E-state index in [1.165, 1.54) is 11.1 Å². The molecule has 1 atom stereocenters. The monoisotopic (exact) mass is 478 g/mol. The first-order chi connectivity index (χ1) is 16.8. The molecule has 3 fully saturated rings. The van der Waals surface area contributed by atoms with Gasteiger partial charge in [-0.05, 0) is 76.2 Å². The molecular formula is C29H38N2O4. The van der Waals surface area contributed by atoms with E-state index in [2.05, 4.69) is 53.4 Å². The van der Waals surface area contributed by atoms with E-state index >= 15 is 0 Å². The van der Waals surface area contributed by atoms with Crippen LogP contribution < -0.4 is 4.74 Å². The highest BCUT2D eigenvalue weighted by Crippen LogP contribution is 2.40. The molecule has 2 aromatic rings. The number of hydrogen-bond acceptors (Lipinski definition) is 5. The highest BCUT2D eigenvalue weighted by Gasteiger charge is 2.53. The maximum atomic E-state index is 12.3. The third kappa shape index (κ3) is 5.65. The van der Waals surface area contributed by atoms with Crippen molar-refractivity contribution in [2.24, 2.45) is 0 Å². The predicted octanol–water partition coefficient (Wildman–Crippen LogP) is 5.22. The van der Waals surface area contributed by atoms with Gasteiger partial charge in [0.05, 0.1) is 19.7 Å². The van der Waals surface area contributed by atoms with Gasteiger partial charge in [-0.1, -0.05) is 48.5 Å². The van der Waals surface area contributed by atoms with E-state index in [1.54, 1.807) is 4.90 Å². The smallest absolute Gasteiger partial charge is 0.410 e. The molecule has 0 unspecified atom stereocenters. The molecule has 5 rings (SSSR count). The summed E-state index contributed by atoms with van der Waals surface area (Å²) >= 11 is 0. The number of rotatable bonds is 5. The summed E-state index contributed by atoms with van der Waals surface area (Å²) in [5.41, 5.74) is 1.87. The second-order valence-electron chi connectivity index (χ2n) is 11.3. The molecule has 3 heterocycles. The Morgan fingerprint density at radius 2 is 1.71 bits per heavy atom. The fourth-order valence-electron chi connectivity index (χ4n) is 5.64. The zero-order valence-electron chi connectivity index (χ0n) is 21.2. The normalized spacial score (nSPS) is 22.7. The lowest BCUT2D eigenvalue weighted by molar-refractivity contribution is -0.109. The summed E-state index contributed by atoms with van der Waals surface area (Å²) in [5.74, 6) is 1.52. The van der Waals surface area contributed by atoms with Crippen LogP contribution in [0, 0.1) is 0 Å². The molecule has 2 aromatic carbocycles. The molecule has 0 N–H and O–H groups in total. The Labute approximate surface area is 209 Å². The molecule has 0 aromatic heterocycles. The van der Waals surface area contributed by atoms with Gasteiger partial charge < -0.3 is 19.1 Å². The maximum Gasteiger partial charge on any atom is 0.410 e. The number of carbonyl (C=O) groups excluding carboxylic acids is 1. The van der Waals surface area contributed by atoms with Crippen LogP contribution in [0.15, 0.2) is 54.6 Å². The van der Waals surface area contributed by atoms with Crippen molar-refractivity contribution in [3.05, 3.63) is 65.7 Å². The number of piperidine rings is 1. The molecule has 6 heteroatoms. The van der Waals surface area contributed by atoms with Gasteiger partial charge in [0, 0.05) is 6.04 Å². The maximum absolute atomic E-state index is 12.3.